The third kappa shape index (κ3) is 2.14. The monoisotopic (exact) mass is 294 g/mol. The highest BCUT2D eigenvalue weighted by molar-refractivity contribution is 6.16. The fourth-order valence-corrected chi connectivity index (χ4v) is 1.85. The highest BCUT2D eigenvalue weighted by Crippen LogP contribution is 2.25. The molecule has 2 aromatic rings. The average molecular weight is 294 g/mol. The zero-order valence-corrected chi connectivity index (χ0v) is 9.95. The molecular formula is C11H6N2O8. The number of benzene rings is 1. The summed E-state index contributed by atoms with van der Waals surface area (Å²) in [4.78, 5) is 50.0. The lowest BCUT2D eigenvalue weighted by Gasteiger charge is -2.06. The molecule has 0 aliphatic rings. The number of rotatable bonds is 4. The molecule has 0 bridgehead atoms. The van der Waals surface area contributed by atoms with E-state index in [2.05, 4.69) is 9.97 Å². The van der Waals surface area contributed by atoms with Crippen LogP contribution in [-0.4, -0.2) is 54.3 Å². The molecule has 5 N–H and O–H groups in total. The molecule has 0 atom stereocenters. The molecule has 108 valence electrons. The fraction of sp³-hybridized carbons (Fsp3) is 0. The quantitative estimate of drug-likeness (QED) is 0.532. The summed E-state index contributed by atoms with van der Waals surface area (Å²) in [7, 11) is 0. The first-order valence-corrected chi connectivity index (χ1v) is 5.24. The lowest BCUT2D eigenvalue weighted by Crippen LogP contribution is -2.15. The van der Waals surface area contributed by atoms with E-state index in [1.165, 1.54) is 0 Å². The fourth-order valence-electron chi connectivity index (χ4n) is 1.85. The molecule has 0 unspecified atom stereocenters. The molecule has 10 nitrogen and oxygen atoms in total. The van der Waals surface area contributed by atoms with Crippen LogP contribution in [0.2, 0.25) is 0 Å². The molecule has 0 spiro atoms. The van der Waals surface area contributed by atoms with E-state index in [1.807, 2.05) is 0 Å². The molecule has 0 fully saturated rings. The van der Waals surface area contributed by atoms with Crippen LogP contribution in [-0.2, 0) is 0 Å². The summed E-state index contributed by atoms with van der Waals surface area (Å²) in [6.45, 7) is 0. The molecule has 0 amide bonds. The van der Waals surface area contributed by atoms with Crippen LogP contribution in [0.1, 0.15) is 41.7 Å². The summed E-state index contributed by atoms with van der Waals surface area (Å²) >= 11 is 0. The SMILES string of the molecule is O=C(O)c1nc2c(C(=O)O)c(C(=O)O)c(C(=O)O)cc2[nH]1. The van der Waals surface area contributed by atoms with Crippen LogP contribution in [0, 0.1) is 0 Å². The van der Waals surface area contributed by atoms with Crippen LogP contribution in [0.5, 0.6) is 0 Å². The van der Waals surface area contributed by atoms with Crippen LogP contribution in [0.3, 0.4) is 0 Å². The number of carbonyl (C=O) groups is 4. The first kappa shape index (κ1) is 14.0. The molecule has 0 saturated carbocycles. The van der Waals surface area contributed by atoms with Crippen LogP contribution >= 0.6 is 0 Å². The second-order valence-corrected chi connectivity index (χ2v) is 3.88. The number of hydrogen-bond acceptors (Lipinski definition) is 5. The zero-order chi connectivity index (χ0) is 15.9. The Bertz CT molecular complexity index is 819. The second kappa shape index (κ2) is 4.59. The van der Waals surface area contributed by atoms with Gasteiger partial charge in [0, 0.05) is 0 Å². The Kier molecular flexibility index (Phi) is 3.06. The van der Waals surface area contributed by atoms with E-state index in [4.69, 9.17) is 20.4 Å². The molecule has 21 heavy (non-hydrogen) atoms. The summed E-state index contributed by atoms with van der Waals surface area (Å²) in [5, 5.41) is 35.9. The predicted octanol–water partition coefficient (Wildman–Crippen LogP) is 0.356. The number of hydrogen-bond donors (Lipinski definition) is 5. The minimum absolute atomic E-state index is 0.202. The first-order valence-electron chi connectivity index (χ1n) is 5.24. The largest absolute Gasteiger partial charge is 0.478 e. The lowest BCUT2D eigenvalue weighted by atomic mass is 9.99. The molecule has 1 aromatic heterocycles. The van der Waals surface area contributed by atoms with Gasteiger partial charge in [-0.15, -0.1) is 0 Å². The van der Waals surface area contributed by atoms with Crippen LogP contribution in [0.15, 0.2) is 6.07 Å². The Morgan fingerprint density at radius 3 is 1.86 bits per heavy atom. The molecular weight excluding hydrogens is 288 g/mol. The number of H-pyrrole nitrogens is 1. The number of carboxylic acid groups (broad SMARTS) is 4. The van der Waals surface area contributed by atoms with Crippen LogP contribution < -0.4 is 0 Å². The van der Waals surface area contributed by atoms with Crippen molar-refractivity contribution in [2.24, 2.45) is 0 Å². The van der Waals surface area contributed by atoms with E-state index in [-0.39, 0.29) is 5.52 Å². The van der Waals surface area contributed by atoms with E-state index in [0.717, 1.165) is 6.07 Å². The maximum atomic E-state index is 11.2. The second-order valence-electron chi connectivity index (χ2n) is 3.88. The van der Waals surface area contributed by atoms with Crippen molar-refractivity contribution >= 4 is 34.9 Å². The van der Waals surface area contributed by atoms with Crippen LogP contribution in [0.4, 0.5) is 0 Å². The Morgan fingerprint density at radius 1 is 0.857 bits per heavy atom. The van der Waals surface area contributed by atoms with Crippen molar-refractivity contribution in [3.05, 3.63) is 28.6 Å². The van der Waals surface area contributed by atoms with Gasteiger partial charge in [-0.2, -0.15) is 0 Å². The number of carboxylic acids is 4. The molecule has 0 aliphatic heterocycles. The van der Waals surface area contributed by atoms with Gasteiger partial charge in [0.1, 0.15) is 11.1 Å². The highest BCUT2D eigenvalue weighted by atomic mass is 16.4. The van der Waals surface area contributed by atoms with Gasteiger partial charge in [0.05, 0.1) is 16.6 Å². The number of aromatic nitrogens is 2. The zero-order valence-electron chi connectivity index (χ0n) is 9.95. The number of aromatic carboxylic acids is 4. The molecule has 10 heteroatoms. The number of imidazole rings is 1. The molecule has 2 rings (SSSR count). The Hall–Kier alpha value is -3.43. The van der Waals surface area contributed by atoms with E-state index in [9.17, 15) is 19.2 Å². The van der Waals surface area contributed by atoms with Crippen molar-refractivity contribution < 1.29 is 39.6 Å². The Morgan fingerprint density at radius 2 is 1.43 bits per heavy atom. The normalized spacial score (nSPS) is 10.5. The van der Waals surface area contributed by atoms with E-state index < -0.39 is 51.9 Å². The van der Waals surface area contributed by atoms with Gasteiger partial charge in [-0.25, -0.2) is 24.2 Å². The molecule has 0 aliphatic carbocycles. The van der Waals surface area contributed by atoms with Crippen molar-refractivity contribution in [3.63, 3.8) is 0 Å². The Balaban J connectivity index is 3.02. The van der Waals surface area contributed by atoms with Gasteiger partial charge in [0.2, 0.25) is 5.82 Å². The molecule has 1 heterocycles. The lowest BCUT2D eigenvalue weighted by molar-refractivity contribution is 0.0634. The van der Waals surface area contributed by atoms with Crippen LogP contribution in [0.25, 0.3) is 11.0 Å². The standard InChI is InChI=1S/C11H6N2O8/c14-8(15)2-1-3-6(13-7(12-3)11(20)21)5(10(18)19)4(2)9(16)17/h1H,(H,12,13)(H,14,15)(H,16,17)(H,18,19)(H,20,21). The van der Waals surface area contributed by atoms with Crippen molar-refractivity contribution in [1.82, 2.24) is 9.97 Å². The average Bonchev–Trinajstić information content (AvgIpc) is 2.79. The summed E-state index contributed by atoms with van der Waals surface area (Å²) in [6.07, 6.45) is 0. The summed E-state index contributed by atoms with van der Waals surface area (Å²) < 4.78 is 0. The third-order valence-corrected chi connectivity index (χ3v) is 2.64. The first-order chi connectivity index (χ1) is 9.73. The van der Waals surface area contributed by atoms with Gasteiger partial charge >= 0.3 is 23.9 Å². The minimum Gasteiger partial charge on any atom is -0.478 e. The molecule has 0 saturated heterocycles. The van der Waals surface area contributed by atoms with Crippen molar-refractivity contribution in [1.29, 1.82) is 0 Å². The number of aromatic amines is 1. The van der Waals surface area contributed by atoms with Crippen molar-refractivity contribution in [2.45, 2.75) is 0 Å². The Labute approximate surface area is 114 Å². The van der Waals surface area contributed by atoms with E-state index >= 15 is 0 Å². The summed E-state index contributed by atoms with van der Waals surface area (Å²) in [6, 6.07) is 0.826. The number of fused-ring (bicyclic) bond motifs is 1. The predicted molar refractivity (Wildman–Crippen MR) is 63.9 cm³/mol. The van der Waals surface area contributed by atoms with Gasteiger partial charge in [-0.05, 0) is 6.07 Å². The van der Waals surface area contributed by atoms with Crippen molar-refractivity contribution in [2.75, 3.05) is 0 Å². The topological polar surface area (TPSA) is 178 Å². The highest BCUT2D eigenvalue weighted by Gasteiger charge is 2.29. The minimum atomic E-state index is -1.77. The van der Waals surface area contributed by atoms with E-state index in [0.29, 0.717) is 0 Å². The van der Waals surface area contributed by atoms with Gasteiger partial charge in [0.15, 0.2) is 0 Å². The summed E-state index contributed by atoms with van der Waals surface area (Å²) in [5.74, 6) is -7.30. The van der Waals surface area contributed by atoms with Gasteiger partial charge in [-0.3, -0.25) is 0 Å². The number of nitrogens with one attached hydrogen (secondary N) is 1. The van der Waals surface area contributed by atoms with Gasteiger partial charge in [-0.1, -0.05) is 0 Å². The van der Waals surface area contributed by atoms with E-state index in [1.54, 1.807) is 0 Å². The van der Waals surface area contributed by atoms with Gasteiger partial charge in [0.25, 0.3) is 0 Å². The smallest absolute Gasteiger partial charge is 0.371 e. The number of nitrogens with zero attached hydrogens (tertiary/aromatic N) is 1. The maximum absolute atomic E-state index is 11.2. The van der Waals surface area contributed by atoms with Crippen molar-refractivity contribution in [3.8, 4) is 0 Å². The van der Waals surface area contributed by atoms with Gasteiger partial charge < -0.3 is 25.4 Å². The maximum Gasteiger partial charge on any atom is 0.371 e. The summed E-state index contributed by atoms with van der Waals surface area (Å²) in [5.41, 5.74) is -3.28. The molecule has 0 radical (unpaired) electrons. The molecule has 1 aromatic carbocycles. The third-order valence-electron chi connectivity index (χ3n) is 2.64.